The second-order valence-electron chi connectivity index (χ2n) is 5.15. The number of halogens is 1. The molecule has 1 rings (SSSR count). The first-order chi connectivity index (χ1) is 8.99. The van der Waals surface area contributed by atoms with Crippen LogP contribution in [-0.2, 0) is 0 Å². The fourth-order valence-electron chi connectivity index (χ4n) is 1.88. The summed E-state index contributed by atoms with van der Waals surface area (Å²) in [5, 5.41) is 4.00. The molecule has 0 spiro atoms. The highest BCUT2D eigenvalue weighted by Gasteiger charge is 2.15. The second kappa shape index (κ2) is 7.91. The molecular formula is C16H26FNS. The summed E-state index contributed by atoms with van der Waals surface area (Å²) in [4.78, 5) is 1.21. The maximum absolute atomic E-state index is 13.8. The molecule has 0 aromatic heterocycles. The molecule has 0 bridgehead atoms. The number of hydrogen-bond acceptors (Lipinski definition) is 2. The molecule has 0 radical (unpaired) electrons. The lowest BCUT2D eigenvalue weighted by Gasteiger charge is -2.20. The number of nitrogens with one attached hydrogen (secondary N) is 1. The molecule has 0 aliphatic carbocycles. The minimum Gasteiger partial charge on any atom is -0.310 e. The average Bonchev–Trinajstić information content (AvgIpc) is 2.39. The Bertz CT molecular complexity index is 406. The van der Waals surface area contributed by atoms with Gasteiger partial charge in [0.15, 0.2) is 0 Å². The normalized spacial score (nSPS) is 14.4. The van der Waals surface area contributed by atoms with Gasteiger partial charge >= 0.3 is 0 Å². The summed E-state index contributed by atoms with van der Waals surface area (Å²) < 4.78 is 13.8. The molecule has 1 nitrogen and oxygen atoms in total. The van der Waals surface area contributed by atoms with Gasteiger partial charge in [-0.25, -0.2) is 4.39 Å². The van der Waals surface area contributed by atoms with Gasteiger partial charge in [0.25, 0.3) is 0 Å². The van der Waals surface area contributed by atoms with Crippen LogP contribution in [0.2, 0.25) is 0 Å². The van der Waals surface area contributed by atoms with Gasteiger partial charge in [-0.3, -0.25) is 0 Å². The van der Waals surface area contributed by atoms with Crippen molar-refractivity contribution in [3.05, 3.63) is 29.1 Å². The van der Waals surface area contributed by atoms with Crippen LogP contribution in [0.25, 0.3) is 0 Å². The standard InChI is InChI=1S/C16H26FNS/c1-6-8-18-13(5)14-10-15(17)11(3)9-16(14)19-12(4)7-2/h9-10,12-13,18H,6-8H2,1-5H3. The number of thioether (sulfide) groups is 1. The summed E-state index contributed by atoms with van der Waals surface area (Å²) in [5.41, 5.74) is 1.82. The van der Waals surface area contributed by atoms with Gasteiger partial charge in [-0.1, -0.05) is 20.8 Å². The average molecular weight is 283 g/mol. The Balaban J connectivity index is 3.01. The first kappa shape index (κ1) is 16.5. The summed E-state index contributed by atoms with van der Waals surface area (Å²) in [6.45, 7) is 11.5. The third-order valence-electron chi connectivity index (χ3n) is 3.36. The smallest absolute Gasteiger partial charge is 0.126 e. The largest absolute Gasteiger partial charge is 0.310 e. The minimum absolute atomic E-state index is 0.103. The number of aryl methyl sites for hydroxylation is 1. The van der Waals surface area contributed by atoms with E-state index in [1.54, 1.807) is 6.07 Å². The van der Waals surface area contributed by atoms with Gasteiger partial charge in [-0.05, 0) is 56.5 Å². The quantitative estimate of drug-likeness (QED) is 0.700. The molecule has 2 atom stereocenters. The second-order valence-corrected chi connectivity index (χ2v) is 6.63. The number of rotatable bonds is 7. The Labute approximate surface area is 121 Å². The minimum atomic E-state index is -0.103. The summed E-state index contributed by atoms with van der Waals surface area (Å²) >= 11 is 1.85. The van der Waals surface area contributed by atoms with Crippen LogP contribution in [0.15, 0.2) is 17.0 Å². The van der Waals surface area contributed by atoms with E-state index in [0.29, 0.717) is 5.25 Å². The molecule has 1 aromatic rings. The summed E-state index contributed by atoms with van der Waals surface area (Å²) in [5.74, 6) is -0.103. The van der Waals surface area contributed by atoms with Crippen LogP contribution in [-0.4, -0.2) is 11.8 Å². The number of benzene rings is 1. The molecule has 108 valence electrons. The van der Waals surface area contributed by atoms with Crippen molar-refractivity contribution in [3.63, 3.8) is 0 Å². The monoisotopic (exact) mass is 283 g/mol. The fourth-order valence-corrected chi connectivity index (χ4v) is 3.10. The van der Waals surface area contributed by atoms with Crippen LogP contribution in [0.1, 0.15) is 57.7 Å². The molecule has 0 heterocycles. The molecule has 1 N–H and O–H groups in total. The summed E-state index contributed by atoms with van der Waals surface area (Å²) in [6.07, 6.45) is 2.21. The molecule has 0 saturated heterocycles. The fraction of sp³-hybridized carbons (Fsp3) is 0.625. The van der Waals surface area contributed by atoms with Crippen molar-refractivity contribution >= 4 is 11.8 Å². The van der Waals surface area contributed by atoms with Crippen LogP contribution in [0.3, 0.4) is 0 Å². The zero-order valence-corrected chi connectivity index (χ0v) is 13.5. The predicted molar refractivity (Wildman–Crippen MR) is 83.5 cm³/mol. The van der Waals surface area contributed by atoms with Crippen molar-refractivity contribution in [1.29, 1.82) is 0 Å². The van der Waals surface area contributed by atoms with Gasteiger partial charge in [0.1, 0.15) is 5.82 Å². The number of hydrogen-bond donors (Lipinski definition) is 1. The zero-order valence-electron chi connectivity index (χ0n) is 12.7. The van der Waals surface area contributed by atoms with E-state index in [1.165, 1.54) is 4.90 Å². The third kappa shape index (κ3) is 4.81. The van der Waals surface area contributed by atoms with Gasteiger partial charge in [-0.2, -0.15) is 0 Å². The van der Waals surface area contributed by atoms with Crippen LogP contribution < -0.4 is 5.32 Å². The molecule has 0 fully saturated rings. The SMILES string of the molecule is CCCNC(C)c1cc(F)c(C)cc1SC(C)CC. The first-order valence-corrected chi connectivity index (χ1v) is 8.07. The summed E-state index contributed by atoms with van der Waals surface area (Å²) in [7, 11) is 0. The molecule has 3 heteroatoms. The van der Waals surface area contributed by atoms with Crippen molar-refractivity contribution in [2.75, 3.05) is 6.54 Å². The molecule has 0 amide bonds. The highest BCUT2D eigenvalue weighted by Crippen LogP contribution is 2.33. The van der Waals surface area contributed by atoms with E-state index in [9.17, 15) is 4.39 Å². The van der Waals surface area contributed by atoms with E-state index >= 15 is 0 Å². The van der Waals surface area contributed by atoms with Gasteiger partial charge in [-0.15, -0.1) is 11.8 Å². The van der Waals surface area contributed by atoms with Crippen LogP contribution >= 0.6 is 11.8 Å². The van der Waals surface area contributed by atoms with E-state index in [0.717, 1.165) is 30.5 Å². The van der Waals surface area contributed by atoms with Crippen LogP contribution in [0, 0.1) is 12.7 Å². The Morgan fingerprint density at radius 2 is 1.95 bits per heavy atom. The van der Waals surface area contributed by atoms with Gasteiger partial charge in [0.05, 0.1) is 0 Å². The lowest BCUT2D eigenvalue weighted by molar-refractivity contribution is 0.552. The van der Waals surface area contributed by atoms with Crippen LogP contribution in [0.4, 0.5) is 4.39 Å². The lowest BCUT2D eigenvalue weighted by atomic mass is 10.1. The highest BCUT2D eigenvalue weighted by atomic mass is 32.2. The van der Waals surface area contributed by atoms with Crippen molar-refractivity contribution in [2.45, 2.75) is 63.6 Å². The Hall–Kier alpha value is -0.540. The van der Waals surface area contributed by atoms with Crippen molar-refractivity contribution < 1.29 is 4.39 Å². The zero-order chi connectivity index (χ0) is 14.4. The highest BCUT2D eigenvalue weighted by molar-refractivity contribution is 8.00. The Kier molecular flexibility index (Phi) is 6.87. The molecule has 2 unspecified atom stereocenters. The first-order valence-electron chi connectivity index (χ1n) is 7.19. The van der Waals surface area contributed by atoms with E-state index in [-0.39, 0.29) is 11.9 Å². The van der Waals surface area contributed by atoms with E-state index < -0.39 is 0 Å². The maximum Gasteiger partial charge on any atom is 0.126 e. The van der Waals surface area contributed by atoms with Gasteiger partial charge in [0, 0.05) is 16.2 Å². The molecular weight excluding hydrogens is 257 g/mol. The summed E-state index contributed by atoms with van der Waals surface area (Å²) in [6, 6.07) is 3.89. The molecule has 19 heavy (non-hydrogen) atoms. The lowest BCUT2D eigenvalue weighted by Crippen LogP contribution is -2.20. The van der Waals surface area contributed by atoms with Crippen molar-refractivity contribution in [1.82, 2.24) is 5.32 Å². The molecule has 0 aliphatic rings. The predicted octanol–water partition coefficient (Wildman–Crippen LogP) is 5.09. The van der Waals surface area contributed by atoms with E-state index in [1.807, 2.05) is 24.8 Å². The van der Waals surface area contributed by atoms with Crippen LogP contribution in [0.5, 0.6) is 0 Å². The molecule has 0 aliphatic heterocycles. The van der Waals surface area contributed by atoms with Gasteiger partial charge < -0.3 is 5.32 Å². The Morgan fingerprint density at radius 1 is 1.26 bits per heavy atom. The Morgan fingerprint density at radius 3 is 2.53 bits per heavy atom. The van der Waals surface area contributed by atoms with Crippen molar-refractivity contribution in [3.8, 4) is 0 Å². The molecule has 1 aromatic carbocycles. The maximum atomic E-state index is 13.8. The topological polar surface area (TPSA) is 12.0 Å². The van der Waals surface area contributed by atoms with E-state index in [4.69, 9.17) is 0 Å². The molecule has 0 saturated carbocycles. The van der Waals surface area contributed by atoms with Crippen molar-refractivity contribution in [2.24, 2.45) is 0 Å². The van der Waals surface area contributed by atoms with E-state index in [2.05, 4.69) is 33.0 Å². The van der Waals surface area contributed by atoms with Gasteiger partial charge in [0.2, 0.25) is 0 Å². The third-order valence-corrected chi connectivity index (χ3v) is 4.70.